The third-order valence-electron chi connectivity index (χ3n) is 6.67. The zero-order valence-corrected chi connectivity index (χ0v) is 13.7. The van der Waals surface area contributed by atoms with E-state index in [-0.39, 0.29) is 36.9 Å². The first-order valence-corrected chi connectivity index (χ1v) is 8.62. The molecule has 126 valence electrons. The zero-order valence-electron chi connectivity index (χ0n) is 13.7. The van der Waals surface area contributed by atoms with Crippen LogP contribution in [0, 0.1) is 22.7 Å². The molecule has 0 aromatic heterocycles. The van der Waals surface area contributed by atoms with Gasteiger partial charge in [-0.2, -0.15) is 0 Å². The van der Waals surface area contributed by atoms with Gasteiger partial charge in [-0.1, -0.05) is 26.7 Å². The number of amides is 2. The highest BCUT2D eigenvalue weighted by Gasteiger charge is 2.79. The molecule has 0 aromatic carbocycles. The monoisotopic (exact) mass is 321 g/mol. The molecule has 4 rings (SSSR count). The molecular weight excluding hydrogens is 298 g/mol. The molecule has 6 heteroatoms. The fraction of sp³-hybridized carbons (Fsp3) is 0.824. The summed E-state index contributed by atoms with van der Waals surface area (Å²) >= 11 is 0. The second-order valence-corrected chi connectivity index (χ2v) is 7.83. The van der Waals surface area contributed by atoms with E-state index < -0.39 is 23.0 Å². The summed E-state index contributed by atoms with van der Waals surface area (Å²) in [5.41, 5.74) is -1.18. The van der Waals surface area contributed by atoms with Gasteiger partial charge in [0.2, 0.25) is 11.8 Å². The van der Waals surface area contributed by atoms with Crippen LogP contribution in [-0.4, -0.2) is 42.1 Å². The van der Waals surface area contributed by atoms with Crippen molar-refractivity contribution in [3.8, 4) is 0 Å². The maximum atomic E-state index is 13.3. The van der Waals surface area contributed by atoms with E-state index in [2.05, 4.69) is 0 Å². The molecular formula is C17H23NO5. The van der Waals surface area contributed by atoms with Crippen LogP contribution in [0.25, 0.3) is 0 Å². The first-order chi connectivity index (χ1) is 10.9. The van der Waals surface area contributed by atoms with Crippen molar-refractivity contribution < 1.29 is 23.9 Å². The van der Waals surface area contributed by atoms with Crippen molar-refractivity contribution in [2.45, 2.75) is 52.0 Å². The minimum Gasteiger partial charge on any atom is -0.434 e. The van der Waals surface area contributed by atoms with Crippen molar-refractivity contribution in [2.24, 2.45) is 22.7 Å². The highest BCUT2D eigenvalue weighted by Crippen LogP contribution is 2.72. The molecule has 2 saturated carbocycles. The smallest absolute Gasteiger partial charge is 0.434 e. The van der Waals surface area contributed by atoms with E-state index in [4.69, 9.17) is 9.47 Å². The van der Waals surface area contributed by atoms with Crippen LogP contribution in [0.15, 0.2) is 0 Å². The molecule has 0 unspecified atom stereocenters. The van der Waals surface area contributed by atoms with Gasteiger partial charge in [0.25, 0.3) is 0 Å². The van der Waals surface area contributed by atoms with Crippen LogP contribution in [0.4, 0.5) is 4.79 Å². The Morgan fingerprint density at radius 1 is 1.04 bits per heavy atom. The number of carbonyl (C=O) groups is 3. The van der Waals surface area contributed by atoms with Crippen LogP contribution >= 0.6 is 0 Å². The summed E-state index contributed by atoms with van der Waals surface area (Å²) in [6.45, 7) is 4.09. The van der Waals surface area contributed by atoms with Crippen LogP contribution in [-0.2, 0) is 19.1 Å². The number of cyclic esters (lactones) is 2. The number of hydrogen-bond acceptors (Lipinski definition) is 5. The molecule has 0 N–H and O–H groups in total. The molecule has 2 saturated heterocycles. The highest BCUT2D eigenvalue weighted by molar-refractivity contribution is 6.12. The van der Waals surface area contributed by atoms with Gasteiger partial charge in [0.1, 0.15) is 6.61 Å². The lowest BCUT2D eigenvalue weighted by molar-refractivity contribution is -0.184. The topological polar surface area (TPSA) is 72.9 Å². The number of ether oxygens (including phenoxy) is 2. The molecule has 2 aliphatic heterocycles. The van der Waals surface area contributed by atoms with E-state index >= 15 is 0 Å². The van der Waals surface area contributed by atoms with Gasteiger partial charge < -0.3 is 9.47 Å². The molecule has 23 heavy (non-hydrogen) atoms. The highest BCUT2D eigenvalue weighted by atomic mass is 16.7. The molecule has 4 fully saturated rings. The van der Waals surface area contributed by atoms with Crippen molar-refractivity contribution in [1.29, 1.82) is 0 Å². The Hall–Kier alpha value is -1.59. The molecule has 4 atom stereocenters. The average Bonchev–Trinajstić information content (AvgIpc) is 2.63. The lowest BCUT2D eigenvalue weighted by Gasteiger charge is -2.59. The Labute approximate surface area is 135 Å². The minimum absolute atomic E-state index is 0.0187. The van der Waals surface area contributed by atoms with Gasteiger partial charge in [0.05, 0.1) is 23.5 Å². The first kappa shape index (κ1) is 15.0. The molecule has 0 aromatic rings. The Morgan fingerprint density at radius 2 is 1.74 bits per heavy atom. The fourth-order valence-corrected chi connectivity index (χ4v) is 5.48. The SMILES string of the molecule is CC(C)[C@H]1COC(=O)OC[C@@H]2C[C@@]34CCCC[C@@]23C(=O)N1C4=O. The maximum Gasteiger partial charge on any atom is 0.508 e. The fourth-order valence-electron chi connectivity index (χ4n) is 5.48. The van der Waals surface area contributed by atoms with Gasteiger partial charge in [-0.25, -0.2) is 4.79 Å². The average molecular weight is 321 g/mol. The van der Waals surface area contributed by atoms with E-state index in [0.29, 0.717) is 6.42 Å². The van der Waals surface area contributed by atoms with E-state index in [1.54, 1.807) is 0 Å². The van der Waals surface area contributed by atoms with Gasteiger partial charge in [0, 0.05) is 5.92 Å². The van der Waals surface area contributed by atoms with Crippen LogP contribution in [0.5, 0.6) is 0 Å². The van der Waals surface area contributed by atoms with Crippen molar-refractivity contribution >= 4 is 18.0 Å². The number of hydrogen-bond donors (Lipinski definition) is 0. The number of nitrogens with zero attached hydrogens (tertiary/aromatic N) is 1. The second-order valence-electron chi connectivity index (χ2n) is 7.83. The van der Waals surface area contributed by atoms with E-state index in [9.17, 15) is 14.4 Å². The Balaban J connectivity index is 1.82. The van der Waals surface area contributed by atoms with Gasteiger partial charge in [0.15, 0.2) is 0 Å². The van der Waals surface area contributed by atoms with Gasteiger partial charge in [-0.3, -0.25) is 14.5 Å². The summed E-state index contributed by atoms with van der Waals surface area (Å²) in [5, 5.41) is 0. The van der Waals surface area contributed by atoms with Crippen LogP contribution in [0.1, 0.15) is 46.0 Å². The van der Waals surface area contributed by atoms with Gasteiger partial charge in [-0.05, 0) is 25.2 Å². The lowest BCUT2D eigenvalue weighted by Crippen LogP contribution is -2.63. The number of imide groups is 1. The van der Waals surface area contributed by atoms with Crippen molar-refractivity contribution in [1.82, 2.24) is 4.90 Å². The predicted octanol–water partition coefficient (Wildman–Crippen LogP) is 2.11. The van der Waals surface area contributed by atoms with E-state index in [1.807, 2.05) is 13.8 Å². The lowest BCUT2D eigenvalue weighted by atomic mass is 9.40. The molecule has 2 aliphatic carbocycles. The summed E-state index contributed by atoms with van der Waals surface area (Å²) < 4.78 is 10.4. The standard InChI is InChI=1S/C17H23NO5/c1-10(2)12-9-23-15(21)22-8-11-7-16-5-3-4-6-17(11,16)14(20)18(12)13(16)19/h10-12H,3-9H2,1-2H3/t11-,12+,16+,17-/m0/s1. The third-order valence-corrected chi connectivity index (χ3v) is 6.67. The van der Waals surface area contributed by atoms with E-state index in [0.717, 1.165) is 25.7 Å². The largest absolute Gasteiger partial charge is 0.508 e. The summed E-state index contributed by atoms with van der Waals surface area (Å²) in [6.07, 6.45) is 3.44. The number of fused-ring (bicyclic) bond motifs is 1. The summed E-state index contributed by atoms with van der Waals surface area (Å²) in [4.78, 5) is 39.8. The Bertz CT molecular complexity index is 588. The predicted molar refractivity (Wildman–Crippen MR) is 79.2 cm³/mol. The molecule has 0 radical (unpaired) electrons. The summed E-state index contributed by atoms with van der Waals surface area (Å²) in [5.74, 6) is -0.0996. The maximum absolute atomic E-state index is 13.3. The third kappa shape index (κ3) is 1.62. The Morgan fingerprint density at radius 3 is 2.48 bits per heavy atom. The van der Waals surface area contributed by atoms with E-state index in [1.165, 1.54) is 4.90 Å². The van der Waals surface area contributed by atoms with Crippen molar-refractivity contribution in [3.05, 3.63) is 0 Å². The van der Waals surface area contributed by atoms with Crippen LogP contribution in [0.3, 0.4) is 0 Å². The normalized spacial score (nSPS) is 42.7. The van der Waals surface area contributed by atoms with Crippen LogP contribution in [0.2, 0.25) is 0 Å². The van der Waals surface area contributed by atoms with Gasteiger partial charge >= 0.3 is 6.16 Å². The molecule has 6 nitrogen and oxygen atoms in total. The minimum atomic E-state index is -0.692. The summed E-state index contributed by atoms with van der Waals surface area (Å²) in [7, 11) is 0. The molecule has 2 bridgehead atoms. The zero-order chi connectivity index (χ0) is 16.4. The number of carbonyl (C=O) groups excluding carboxylic acids is 3. The Kier molecular flexibility index (Phi) is 3.06. The second kappa shape index (κ2) is 4.71. The van der Waals surface area contributed by atoms with Crippen molar-refractivity contribution in [2.75, 3.05) is 13.2 Å². The molecule has 1 spiro atoms. The van der Waals surface area contributed by atoms with Crippen molar-refractivity contribution in [3.63, 3.8) is 0 Å². The quantitative estimate of drug-likeness (QED) is 0.546. The summed E-state index contributed by atoms with van der Waals surface area (Å²) in [6, 6.07) is -0.404. The number of rotatable bonds is 1. The first-order valence-electron chi connectivity index (χ1n) is 8.62. The van der Waals surface area contributed by atoms with Gasteiger partial charge in [-0.15, -0.1) is 0 Å². The molecule has 2 amide bonds. The van der Waals surface area contributed by atoms with Crippen LogP contribution < -0.4 is 0 Å². The molecule has 4 aliphatic rings. The molecule has 2 heterocycles.